The van der Waals surface area contributed by atoms with Gasteiger partial charge in [-0.25, -0.2) is 4.98 Å². The van der Waals surface area contributed by atoms with Gasteiger partial charge in [0.1, 0.15) is 11.6 Å². The molecule has 0 aliphatic rings. The largest absolute Gasteiger partial charge is 0.493 e. The van der Waals surface area contributed by atoms with Gasteiger partial charge in [0, 0.05) is 17.1 Å². The first-order chi connectivity index (χ1) is 16.2. The molecule has 0 unspecified atom stereocenters. The van der Waals surface area contributed by atoms with Crippen LogP contribution in [0.5, 0.6) is 5.75 Å². The maximum atomic E-state index is 12.5. The van der Waals surface area contributed by atoms with Crippen LogP contribution in [0.25, 0.3) is 11.0 Å². The van der Waals surface area contributed by atoms with Crippen molar-refractivity contribution in [3.05, 3.63) is 107 Å². The van der Waals surface area contributed by atoms with Gasteiger partial charge in [-0.05, 0) is 60.9 Å². The normalized spacial score (nSPS) is 10.8. The van der Waals surface area contributed by atoms with Crippen LogP contribution in [-0.4, -0.2) is 22.1 Å². The minimum Gasteiger partial charge on any atom is -0.493 e. The molecule has 4 aromatic rings. The Hall–Kier alpha value is -3.57. The van der Waals surface area contributed by atoms with Crippen molar-refractivity contribution in [2.75, 3.05) is 6.61 Å². The molecule has 168 valence electrons. The van der Waals surface area contributed by atoms with Crippen LogP contribution in [0.2, 0.25) is 5.02 Å². The molecule has 0 spiro atoms. The van der Waals surface area contributed by atoms with Crippen molar-refractivity contribution in [3.8, 4) is 5.75 Å². The Morgan fingerprint density at radius 3 is 2.64 bits per heavy atom. The zero-order valence-corrected chi connectivity index (χ0v) is 19.1. The van der Waals surface area contributed by atoms with Crippen LogP contribution in [-0.2, 0) is 19.5 Å². The number of amides is 1. The number of aromatic nitrogens is 2. The second-order valence-electron chi connectivity index (χ2n) is 7.66. The second kappa shape index (κ2) is 10.8. The lowest BCUT2D eigenvalue weighted by Gasteiger charge is -2.13. The predicted octanol–water partition coefficient (Wildman–Crippen LogP) is 5.82. The highest BCUT2D eigenvalue weighted by atomic mass is 35.5. The molecule has 6 heteroatoms. The van der Waals surface area contributed by atoms with Crippen molar-refractivity contribution >= 4 is 28.5 Å². The van der Waals surface area contributed by atoms with E-state index in [4.69, 9.17) is 21.3 Å². The average Bonchev–Trinajstić information content (AvgIpc) is 3.19. The van der Waals surface area contributed by atoms with Gasteiger partial charge in [0.15, 0.2) is 0 Å². The number of para-hydroxylation sites is 3. The van der Waals surface area contributed by atoms with Crippen LogP contribution in [0.4, 0.5) is 0 Å². The number of nitrogens with one attached hydrogen (secondary N) is 1. The van der Waals surface area contributed by atoms with E-state index in [1.807, 2.05) is 48.5 Å². The van der Waals surface area contributed by atoms with Crippen LogP contribution in [0.15, 0.2) is 85.5 Å². The van der Waals surface area contributed by atoms with E-state index < -0.39 is 0 Å². The molecule has 1 amide bonds. The molecule has 0 saturated carbocycles. The van der Waals surface area contributed by atoms with Crippen LogP contribution in [0, 0.1) is 0 Å². The first-order valence-electron chi connectivity index (χ1n) is 10.9. The van der Waals surface area contributed by atoms with Gasteiger partial charge in [0.05, 0.1) is 24.2 Å². The van der Waals surface area contributed by atoms with E-state index in [-0.39, 0.29) is 5.91 Å². The van der Waals surface area contributed by atoms with E-state index in [0.717, 1.165) is 47.6 Å². The number of allylic oxidation sites excluding steroid dienone is 1. The molecule has 1 N–H and O–H groups in total. The second-order valence-corrected chi connectivity index (χ2v) is 8.10. The lowest BCUT2D eigenvalue weighted by atomic mass is 10.1. The first-order valence-corrected chi connectivity index (χ1v) is 11.3. The summed E-state index contributed by atoms with van der Waals surface area (Å²) >= 11 is 5.92. The van der Waals surface area contributed by atoms with Gasteiger partial charge in [-0.2, -0.15) is 0 Å². The quantitative estimate of drug-likeness (QED) is 0.240. The van der Waals surface area contributed by atoms with Gasteiger partial charge in [-0.3, -0.25) is 4.79 Å². The van der Waals surface area contributed by atoms with Gasteiger partial charge >= 0.3 is 0 Å². The Kier molecular flexibility index (Phi) is 7.43. The number of hydrogen-bond acceptors (Lipinski definition) is 3. The van der Waals surface area contributed by atoms with Gasteiger partial charge in [0.25, 0.3) is 5.91 Å². The number of hydrogen-bond donors (Lipinski definition) is 1. The molecule has 3 aromatic carbocycles. The third-order valence-electron chi connectivity index (χ3n) is 5.37. The summed E-state index contributed by atoms with van der Waals surface area (Å²) in [7, 11) is 0. The molecule has 4 rings (SSSR count). The van der Waals surface area contributed by atoms with Crippen molar-refractivity contribution in [3.63, 3.8) is 0 Å². The zero-order chi connectivity index (χ0) is 23.0. The van der Waals surface area contributed by atoms with Gasteiger partial charge in [0.2, 0.25) is 0 Å². The summed E-state index contributed by atoms with van der Waals surface area (Å²) in [5.74, 6) is 1.54. The van der Waals surface area contributed by atoms with E-state index in [1.54, 1.807) is 24.3 Å². The van der Waals surface area contributed by atoms with E-state index >= 15 is 0 Å². The minimum atomic E-state index is -0.160. The Balaban J connectivity index is 1.42. The number of carbonyl (C=O) groups excluding carboxylic acids is 1. The van der Waals surface area contributed by atoms with Crippen molar-refractivity contribution in [2.45, 2.75) is 25.9 Å². The highest BCUT2D eigenvalue weighted by Gasteiger charge is 2.13. The molecule has 0 radical (unpaired) electrons. The van der Waals surface area contributed by atoms with E-state index in [1.165, 1.54) is 0 Å². The first kappa shape index (κ1) is 22.6. The van der Waals surface area contributed by atoms with Crippen molar-refractivity contribution in [2.24, 2.45) is 0 Å². The summed E-state index contributed by atoms with van der Waals surface area (Å²) in [6.45, 7) is 5.46. The van der Waals surface area contributed by atoms with Crippen LogP contribution in [0.3, 0.4) is 0 Å². The molecule has 0 fully saturated rings. The van der Waals surface area contributed by atoms with Crippen molar-refractivity contribution in [1.82, 2.24) is 14.9 Å². The highest BCUT2D eigenvalue weighted by Crippen LogP contribution is 2.20. The van der Waals surface area contributed by atoms with Gasteiger partial charge in [-0.15, -0.1) is 6.58 Å². The number of rotatable bonds is 10. The molecule has 0 saturated heterocycles. The maximum Gasteiger partial charge on any atom is 0.251 e. The summed E-state index contributed by atoms with van der Waals surface area (Å²) in [4.78, 5) is 17.3. The monoisotopic (exact) mass is 459 g/mol. The number of benzene rings is 3. The third kappa shape index (κ3) is 5.62. The number of imidazole rings is 1. The van der Waals surface area contributed by atoms with Crippen LogP contribution >= 0.6 is 11.6 Å². The van der Waals surface area contributed by atoms with Gasteiger partial charge in [-0.1, -0.05) is 48.0 Å². The smallest absolute Gasteiger partial charge is 0.251 e. The van der Waals surface area contributed by atoms with Crippen molar-refractivity contribution in [1.29, 1.82) is 0 Å². The Morgan fingerprint density at radius 2 is 1.82 bits per heavy atom. The lowest BCUT2D eigenvalue weighted by molar-refractivity contribution is 0.0949. The predicted molar refractivity (Wildman–Crippen MR) is 133 cm³/mol. The van der Waals surface area contributed by atoms with E-state index in [9.17, 15) is 4.79 Å². The maximum absolute atomic E-state index is 12.5. The molecule has 0 atom stereocenters. The number of carbonyl (C=O) groups is 1. The molecular weight excluding hydrogens is 434 g/mol. The number of nitrogens with zero attached hydrogens (tertiary/aromatic N) is 2. The number of aryl methyl sites for hydroxylation is 1. The number of fused-ring (bicyclic) bond motifs is 1. The number of ether oxygens (including phenoxy) is 1. The molecule has 33 heavy (non-hydrogen) atoms. The molecular formula is C27H26ClN3O2. The molecule has 0 aliphatic carbocycles. The third-order valence-corrected chi connectivity index (χ3v) is 5.62. The molecule has 0 bridgehead atoms. The summed E-state index contributed by atoms with van der Waals surface area (Å²) in [6.07, 6.45) is 3.46. The fourth-order valence-electron chi connectivity index (χ4n) is 3.75. The summed E-state index contributed by atoms with van der Waals surface area (Å²) in [5, 5.41) is 3.57. The Morgan fingerprint density at radius 1 is 1.06 bits per heavy atom. The Bertz CT molecular complexity index is 1250. The summed E-state index contributed by atoms with van der Waals surface area (Å²) in [6, 6.07) is 22.9. The Labute approximate surface area is 198 Å². The molecule has 1 heterocycles. The van der Waals surface area contributed by atoms with Crippen LogP contribution < -0.4 is 10.1 Å². The summed E-state index contributed by atoms with van der Waals surface area (Å²) in [5.41, 5.74) is 3.64. The minimum absolute atomic E-state index is 0.160. The SMILES string of the molecule is C=CCc1ccccc1OCCCn1c(CNC(=O)c2ccc(Cl)cc2)nc2ccccc21. The van der Waals surface area contributed by atoms with Crippen LogP contribution in [0.1, 0.15) is 28.2 Å². The van der Waals surface area contributed by atoms with E-state index in [0.29, 0.717) is 23.7 Å². The topological polar surface area (TPSA) is 56.1 Å². The standard InChI is InChI=1S/C27H26ClN3O2/c1-2-8-20-9-3-6-12-25(20)33-18-7-17-31-24-11-5-4-10-23(24)30-26(31)19-29-27(32)21-13-15-22(28)16-14-21/h2-6,9-16H,1,7-8,17-19H2,(H,29,32). The summed E-state index contributed by atoms with van der Waals surface area (Å²) < 4.78 is 8.19. The molecule has 1 aromatic heterocycles. The zero-order valence-electron chi connectivity index (χ0n) is 18.3. The van der Waals surface area contributed by atoms with Crippen molar-refractivity contribution < 1.29 is 9.53 Å². The van der Waals surface area contributed by atoms with Gasteiger partial charge < -0.3 is 14.6 Å². The number of halogens is 1. The molecule has 5 nitrogen and oxygen atoms in total. The average molecular weight is 460 g/mol. The van der Waals surface area contributed by atoms with E-state index in [2.05, 4.69) is 22.5 Å². The molecule has 0 aliphatic heterocycles. The highest BCUT2D eigenvalue weighted by molar-refractivity contribution is 6.30. The fourth-order valence-corrected chi connectivity index (χ4v) is 3.87. The lowest BCUT2D eigenvalue weighted by Crippen LogP contribution is -2.25. The fraction of sp³-hybridized carbons (Fsp3) is 0.185.